The molecule has 1 rings (SSSR count). The zero-order valence-corrected chi connectivity index (χ0v) is 4.65. The lowest BCUT2D eigenvalue weighted by atomic mass is 10.7. The number of rotatable bonds is 1. The van der Waals surface area contributed by atoms with Gasteiger partial charge in [-0.2, -0.15) is 5.26 Å². The van der Waals surface area contributed by atoms with Gasteiger partial charge in [-0.05, 0) is 0 Å². The van der Waals surface area contributed by atoms with Crippen molar-refractivity contribution in [1.29, 1.82) is 5.26 Å². The van der Waals surface area contributed by atoms with Gasteiger partial charge in [-0.15, -0.1) is 5.10 Å². The summed E-state index contributed by atoms with van der Waals surface area (Å²) in [5.41, 5.74) is 5.16. The third kappa shape index (κ3) is 1.16. The zero-order chi connectivity index (χ0) is 6.69. The van der Waals surface area contributed by atoms with E-state index in [1.807, 2.05) is 6.07 Å². The molecule has 1 heterocycles. The molecule has 46 valence electrons. The average molecular weight is 123 g/mol. The highest BCUT2D eigenvalue weighted by atomic mass is 15.3. The number of nitrogens with zero attached hydrogens (tertiary/aromatic N) is 4. The maximum Gasteiger partial charge on any atom is 0.239 e. The van der Waals surface area contributed by atoms with Gasteiger partial charge in [-0.1, -0.05) is 0 Å². The molecule has 1 aromatic heterocycles. The van der Waals surface area contributed by atoms with Gasteiger partial charge in [0, 0.05) is 0 Å². The highest BCUT2D eigenvalue weighted by molar-refractivity contribution is 5.09. The van der Waals surface area contributed by atoms with E-state index in [4.69, 9.17) is 11.0 Å². The first-order valence-corrected chi connectivity index (χ1v) is 2.35. The van der Waals surface area contributed by atoms with Gasteiger partial charge in [0.15, 0.2) is 0 Å². The molecule has 5 nitrogen and oxygen atoms in total. The van der Waals surface area contributed by atoms with Gasteiger partial charge in [0.05, 0.1) is 6.07 Å². The van der Waals surface area contributed by atoms with Gasteiger partial charge in [0.2, 0.25) is 5.95 Å². The minimum absolute atomic E-state index is 0.199. The summed E-state index contributed by atoms with van der Waals surface area (Å²) in [6.45, 7) is 0.199. The average Bonchev–Trinajstić information content (AvgIpc) is 2.17. The smallest absolute Gasteiger partial charge is 0.239 e. The number of hydrogen-bond acceptors (Lipinski definition) is 4. The second-order valence-corrected chi connectivity index (χ2v) is 1.46. The van der Waals surface area contributed by atoms with E-state index < -0.39 is 0 Å². The van der Waals surface area contributed by atoms with Crippen LogP contribution in [0.2, 0.25) is 0 Å². The highest BCUT2D eigenvalue weighted by Gasteiger charge is 1.91. The van der Waals surface area contributed by atoms with Crippen LogP contribution in [0.25, 0.3) is 0 Å². The largest absolute Gasteiger partial charge is 0.367 e. The Morgan fingerprint density at radius 2 is 2.67 bits per heavy atom. The molecule has 1 aromatic rings. The summed E-state index contributed by atoms with van der Waals surface area (Å²) in [6.07, 6.45) is 1.42. The van der Waals surface area contributed by atoms with E-state index >= 15 is 0 Å². The standard InChI is InChI=1S/C4H5N5/c5-1-2-9-3-7-4(6)8-9/h3H,2H2,(H2,6,8). The Morgan fingerprint density at radius 3 is 3.11 bits per heavy atom. The molecule has 0 amide bonds. The van der Waals surface area contributed by atoms with Crippen LogP contribution in [0.15, 0.2) is 6.33 Å². The van der Waals surface area contributed by atoms with Gasteiger partial charge in [-0.25, -0.2) is 9.67 Å². The molecule has 0 bridgehead atoms. The van der Waals surface area contributed by atoms with Gasteiger partial charge in [0.1, 0.15) is 12.9 Å². The molecular formula is C4H5N5. The molecule has 0 radical (unpaired) electrons. The number of nitrogens with two attached hydrogens (primary N) is 1. The maximum atomic E-state index is 8.15. The lowest BCUT2D eigenvalue weighted by molar-refractivity contribution is 0.711. The normalized spacial score (nSPS) is 8.78. The van der Waals surface area contributed by atoms with Crippen molar-refractivity contribution in [2.75, 3.05) is 5.73 Å². The number of aromatic nitrogens is 3. The number of hydrogen-bond donors (Lipinski definition) is 1. The van der Waals surface area contributed by atoms with Crippen molar-refractivity contribution in [3.05, 3.63) is 6.33 Å². The molecule has 0 aromatic carbocycles. The van der Waals surface area contributed by atoms with Gasteiger partial charge >= 0.3 is 0 Å². The van der Waals surface area contributed by atoms with E-state index in [-0.39, 0.29) is 12.5 Å². The van der Waals surface area contributed by atoms with Crippen LogP contribution < -0.4 is 5.73 Å². The fourth-order valence-electron chi connectivity index (χ4n) is 0.458. The Labute approximate surface area is 51.7 Å². The SMILES string of the molecule is N#CCn1cnc(N)n1. The fraction of sp³-hybridized carbons (Fsp3) is 0.250. The predicted octanol–water partition coefficient (Wildman–Crippen LogP) is -0.616. The second-order valence-electron chi connectivity index (χ2n) is 1.46. The Balaban J connectivity index is 2.76. The first-order chi connectivity index (χ1) is 4.33. The summed E-state index contributed by atoms with van der Waals surface area (Å²) in [7, 11) is 0. The van der Waals surface area contributed by atoms with E-state index in [9.17, 15) is 0 Å². The monoisotopic (exact) mass is 123 g/mol. The summed E-state index contributed by atoms with van der Waals surface area (Å²) < 4.78 is 1.37. The molecule has 5 heteroatoms. The predicted molar refractivity (Wildman–Crippen MR) is 30.0 cm³/mol. The Bertz CT molecular complexity index is 231. The van der Waals surface area contributed by atoms with Crippen LogP contribution >= 0.6 is 0 Å². The van der Waals surface area contributed by atoms with E-state index in [1.54, 1.807) is 0 Å². The van der Waals surface area contributed by atoms with E-state index in [0.29, 0.717) is 0 Å². The molecular weight excluding hydrogens is 118 g/mol. The number of nitriles is 1. The van der Waals surface area contributed by atoms with Gasteiger partial charge < -0.3 is 5.73 Å². The van der Waals surface area contributed by atoms with Crippen molar-refractivity contribution in [2.24, 2.45) is 0 Å². The van der Waals surface area contributed by atoms with E-state index in [1.165, 1.54) is 11.0 Å². The molecule has 0 saturated heterocycles. The molecule has 9 heavy (non-hydrogen) atoms. The zero-order valence-electron chi connectivity index (χ0n) is 4.65. The maximum absolute atomic E-state index is 8.15. The third-order valence-corrected chi connectivity index (χ3v) is 0.787. The van der Waals surface area contributed by atoms with E-state index in [0.717, 1.165) is 0 Å². The molecule has 0 atom stereocenters. The molecule has 0 aliphatic heterocycles. The minimum Gasteiger partial charge on any atom is -0.367 e. The molecule has 0 saturated carbocycles. The lowest BCUT2D eigenvalue weighted by Crippen LogP contribution is -1.96. The fourth-order valence-corrected chi connectivity index (χ4v) is 0.458. The highest BCUT2D eigenvalue weighted by Crippen LogP contribution is 1.86. The van der Waals surface area contributed by atoms with Gasteiger partial charge in [0.25, 0.3) is 0 Å². The number of anilines is 1. The van der Waals surface area contributed by atoms with Gasteiger partial charge in [-0.3, -0.25) is 0 Å². The van der Waals surface area contributed by atoms with Crippen LogP contribution in [0.1, 0.15) is 0 Å². The van der Waals surface area contributed by atoms with Crippen molar-refractivity contribution < 1.29 is 0 Å². The summed E-state index contributed by atoms with van der Waals surface area (Å²) in [4.78, 5) is 3.61. The Morgan fingerprint density at radius 1 is 1.89 bits per heavy atom. The minimum atomic E-state index is 0.199. The number of nitrogen functional groups attached to an aromatic ring is 1. The second kappa shape index (κ2) is 2.13. The van der Waals surface area contributed by atoms with Crippen molar-refractivity contribution in [1.82, 2.24) is 14.8 Å². The lowest BCUT2D eigenvalue weighted by Gasteiger charge is -1.84. The molecule has 0 fully saturated rings. The Hall–Kier alpha value is -1.57. The van der Waals surface area contributed by atoms with E-state index in [2.05, 4.69) is 10.1 Å². The first-order valence-electron chi connectivity index (χ1n) is 2.35. The summed E-state index contributed by atoms with van der Waals surface area (Å²) in [6, 6.07) is 1.90. The first kappa shape index (κ1) is 5.56. The molecule has 0 aliphatic rings. The Kier molecular flexibility index (Phi) is 1.32. The van der Waals surface area contributed by atoms with Crippen LogP contribution in [0.3, 0.4) is 0 Å². The van der Waals surface area contributed by atoms with Crippen LogP contribution in [0.5, 0.6) is 0 Å². The van der Waals surface area contributed by atoms with Crippen molar-refractivity contribution in [3.63, 3.8) is 0 Å². The third-order valence-electron chi connectivity index (χ3n) is 0.787. The van der Waals surface area contributed by atoms with Crippen LogP contribution in [0.4, 0.5) is 5.95 Å². The quantitative estimate of drug-likeness (QED) is 0.539. The summed E-state index contributed by atoms with van der Waals surface area (Å²) in [5.74, 6) is 0.199. The topological polar surface area (TPSA) is 80.5 Å². The van der Waals surface area contributed by atoms with Crippen LogP contribution in [0, 0.1) is 11.3 Å². The molecule has 0 spiro atoms. The summed E-state index contributed by atoms with van der Waals surface area (Å²) in [5, 5.41) is 11.8. The van der Waals surface area contributed by atoms with Crippen LogP contribution in [-0.4, -0.2) is 14.8 Å². The molecule has 0 aliphatic carbocycles. The van der Waals surface area contributed by atoms with Crippen molar-refractivity contribution >= 4 is 5.95 Å². The molecule has 0 unspecified atom stereocenters. The van der Waals surface area contributed by atoms with Crippen molar-refractivity contribution in [2.45, 2.75) is 6.54 Å². The van der Waals surface area contributed by atoms with Crippen molar-refractivity contribution in [3.8, 4) is 6.07 Å². The summed E-state index contributed by atoms with van der Waals surface area (Å²) >= 11 is 0. The van der Waals surface area contributed by atoms with Crippen LogP contribution in [-0.2, 0) is 6.54 Å². The molecule has 2 N–H and O–H groups in total.